The Labute approximate surface area is 85.4 Å². The molecule has 0 amide bonds. The third-order valence-corrected chi connectivity index (χ3v) is 2.61. The maximum Gasteiger partial charge on any atom is 0.322 e. The van der Waals surface area contributed by atoms with E-state index < -0.39 is 6.04 Å². The van der Waals surface area contributed by atoms with Gasteiger partial charge in [-0.2, -0.15) is 0 Å². The number of methoxy groups -OCH3 is 1. The van der Waals surface area contributed by atoms with Crippen LogP contribution in [0.4, 0.5) is 0 Å². The largest absolute Gasteiger partial charge is 0.468 e. The van der Waals surface area contributed by atoms with Crippen LogP contribution < -0.4 is 5.73 Å². The zero-order chi connectivity index (χ0) is 8.97. The van der Waals surface area contributed by atoms with Crippen LogP contribution in [0.2, 0.25) is 0 Å². The highest BCUT2D eigenvalue weighted by molar-refractivity contribution is 5.85. The molecule has 78 valence electrons. The Kier molecular flexibility index (Phi) is 6.08. The first-order valence-electron chi connectivity index (χ1n) is 4.57. The highest BCUT2D eigenvalue weighted by atomic mass is 35.5. The first-order valence-corrected chi connectivity index (χ1v) is 4.57. The van der Waals surface area contributed by atoms with E-state index in [9.17, 15) is 4.79 Å². The number of carbonyl (C=O) groups excluding carboxylic acids is 1. The summed E-state index contributed by atoms with van der Waals surface area (Å²) in [6.45, 7) is 0. The highest BCUT2D eigenvalue weighted by Gasteiger charge is 2.20. The molecule has 0 radical (unpaired) electrons. The van der Waals surface area contributed by atoms with Crippen LogP contribution in [0.25, 0.3) is 0 Å². The van der Waals surface area contributed by atoms with Gasteiger partial charge in [-0.3, -0.25) is 4.79 Å². The fourth-order valence-electron chi connectivity index (χ4n) is 1.47. The average molecular weight is 208 g/mol. The van der Waals surface area contributed by atoms with Crippen LogP contribution in [0, 0.1) is 5.92 Å². The third kappa shape index (κ3) is 3.96. The van der Waals surface area contributed by atoms with Crippen molar-refractivity contribution in [2.75, 3.05) is 7.11 Å². The van der Waals surface area contributed by atoms with Gasteiger partial charge in [0, 0.05) is 0 Å². The molecule has 1 rings (SSSR count). The van der Waals surface area contributed by atoms with Crippen LogP contribution >= 0.6 is 12.4 Å². The number of hydrogen-bond donors (Lipinski definition) is 1. The van der Waals surface area contributed by atoms with E-state index in [-0.39, 0.29) is 18.4 Å². The summed E-state index contributed by atoms with van der Waals surface area (Å²) in [6, 6.07) is -0.407. The number of nitrogens with two attached hydrogens (primary N) is 1. The summed E-state index contributed by atoms with van der Waals surface area (Å²) < 4.78 is 4.53. The van der Waals surface area contributed by atoms with Gasteiger partial charge in [0.1, 0.15) is 6.04 Å². The number of esters is 1. The minimum Gasteiger partial charge on any atom is -0.468 e. The summed E-state index contributed by atoms with van der Waals surface area (Å²) in [6.07, 6.45) is 5.83. The predicted molar refractivity (Wildman–Crippen MR) is 53.8 cm³/mol. The molecule has 0 aliphatic heterocycles. The smallest absolute Gasteiger partial charge is 0.322 e. The second-order valence-corrected chi connectivity index (χ2v) is 3.50. The van der Waals surface area contributed by atoms with E-state index in [2.05, 4.69) is 4.74 Å². The number of ether oxygens (including phenoxy) is 1. The molecule has 0 aromatic heterocycles. The molecule has 1 unspecified atom stereocenters. The van der Waals surface area contributed by atoms with Crippen molar-refractivity contribution in [1.29, 1.82) is 0 Å². The van der Waals surface area contributed by atoms with E-state index in [0.29, 0.717) is 0 Å². The molecule has 0 aromatic rings. The maximum atomic E-state index is 10.9. The van der Waals surface area contributed by atoms with Gasteiger partial charge in [-0.05, 0) is 18.8 Å². The second-order valence-electron chi connectivity index (χ2n) is 3.50. The zero-order valence-electron chi connectivity index (χ0n) is 7.99. The van der Waals surface area contributed by atoms with Crippen molar-refractivity contribution in [3.05, 3.63) is 0 Å². The van der Waals surface area contributed by atoms with Gasteiger partial charge in [0.15, 0.2) is 0 Å². The van der Waals surface area contributed by atoms with E-state index in [1.807, 2.05) is 0 Å². The van der Waals surface area contributed by atoms with Gasteiger partial charge in [-0.1, -0.05) is 19.3 Å². The third-order valence-electron chi connectivity index (χ3n) is 2.61. The highest BCUT2D eigenvalue weighted by Crippen LogP contribution is 2.30. The number of carbonyl (C=O) groups is 1. The summed E-state index contributed by atoms with van der Waals surface area (Å²) in [7, 11) is 1.38. The fraction of sp³-hybridized carbons (Fsp3) is 0.889. The van der Waals surface area contributed by atoms with E-state index >= 15 is 0 Å². The van der Waals surface area contributed by atoms with Gasteiger partial charge in [0.05, 0.1) is 7.11 Å². The van der Waals surface area contributed by atoms with Crippen LogP contribution in [0.3, 0.4) is 0 Å². The second kappa shape index (κ2) is 6.22. The molecule has 2 N–H and O–H groups in total. The molecular formula is C9H18ClNO2. The van der Waals surface area contributed by atoms with Crippen LogP contribution in [0.1, 0.15) is 32.1 Å². The number of halogens is 1. The van der Waals surface area contributed by atoms with Gasteiger partial charge < -0.3 is 10.5 Å². The van der Waals surface area contributed by atoms with Crippen LogP contribution in [0.5, 0.6) is 0 Å². The lowest BCUT2D eigenvalue weighted by Gasteiger charge is -2.25. The van der Waals surface area contributed by atoms with Crippen molar-refractivity contribution < 1.29 is 9.53 Å². The summed E-state index contributed by atoms with van der Waals surface area (Å²) in [5, 5.41) is 0. The first kappa shape index (κ1) is 12.7. The molecule has 0 saturated heterocycles. The molecule has 1 aliphatic rings. The van der Waals surface area contributed by atoms with Gasteiger partial charge in [0.2, 0.25) is 0 Å². The quantitative estimate of drug-likeness (QED) is 0.711. The average Bonchev–Trinajstić information content (AvgIpc) is 2.00. The monoisotopic (exact) mass is 207 g/mol. The lowest BCUT2D eigenvalue weighted by atomic mass is 9.81. The van der Waals surface area contributed by atoms with Crippen LogP contribution in [0.15, 0.2) is 0 Å². The summed E-state index contributed by atoms with van der Waals surface area (Å²) in [5.74, 6) is 0.537. The SMILES string of the molecule is COC(=O)C(N)CCC1CCC1.Cl. The van der Waals surface area contributed by atoms with Gasteiger partial charge in [-0.15, -0.1) is 12.4 Å². The van der Waals surface area contributed by atoms with Gasteiger partial charge in [-0.25, -0.2) is 0 Å². The van der Waals surface area contributed by atoms with Crippen molar-refractivity contribution in [1.82, 2.24) is 0 Å². The molecule has 0 bridgehead atoms. The summed E-state index contributed by atoms with van der Waals surface area (Å²) in [5.41, 5.74) is 5.58. The minimum atomic E-state index is -0.407. The lowest BCUT2D eigenvalue weighted by molar-refractivity contribution is -0.142. The van der Waals surface area contributed by atoms with E-state index in [0.717, 1.165) is 18.8 Å². The Morgan fingerprint density at radius 2 is 2.23 bits per heavy atom. The van der Waals surface area contributed by atoms with Crippen molar-refractivity contribution in [3.63, 3.8) is 0 Å². The number of hydrogen-bond acceptors (Lipinski definition) is 3. The Morgan fingerprint density at radius 1 is 1.62 bits per heavy atom. The zero-order valence-corrected chi connectivity index (χ0v) is 8.81. The Hall–Kier alpha value is -0.280. The molecule has 1 saturated carbocycles. The predicted octanol–water partition coefficient (Wildman–Crippen LogP) is 1.49. The van der Waals surface area contributed by atoms with Crippen molar-refractivity contribution in [2.24, 2.45) is 11.7 Å². The van der Waals surface area contributed by atoms with E-state index in [1.54, 1.807) is 0 Å². The molecular weight excluding hydrogens is 190 g/mol. The van der Waals surface area contributed by atoms with E-state index in [4.69, 9.17) is 5.73 Å². The topological polar surface area (TPSA) is 52.3 Å². The van der Waals surface area contributed by atoms with Crippen molar-refractivity contribution >= 4 is 18.4 Å². The van der Waals surface area contributed by atoms with Crippen molar-refractivity contribution in [2.45, 2.75) is 38.1 Å². The van der Waals surface area contributed by atoms with Crippen LogP contribution in [-0.2, 0) is 9.53 Å². The standard InChI is InChI=1S/C9H17NO2.ClH/c1-12-9(11)8(10)6-5-7-3-2-4-7;/h7-8H,2-6,10H2,1H3;1H. The van der Waals surface area contributed by atoms with Crippen LogP contribution in [-0.4, -0.2) is 19.1 Å². The first-order chi connectivity index (χ1) is 5.74. The molecule has 0 spiro atoms. The Bertz CT molecular complexity index is 160. The van der Waals surface area contributed by atoms with E-state index in [1.165, 1.54) is 26.4 Å². The molecule has 0 aromatic carbocycles. The Morgan fingerprint density at radius 3 is 2.62 bits per heavy atom. The van der Waals surface area contributed by atoms with Crippen molar-refractivity contribution in [3.8, 4) is 0 Å². The molecule has 4 heteroatoms. The molecule has 1 atom stereocenters. The normalized spacial score (nSPS) is 18.3. The lowest BCUT2D eigenvalue weighted by Crippen LogP contribution is -2.32. The minimum absolute atomic E-state index is 0. The molecule has 0 heterocycles. The summed E-state index contributed by atoms with van der Waals surface area (Å²) >= 11 is 0. The Balaban J connectivity index is 0.00000144. The van der Waals surface area contributed by atoms with Gasteiger partial charge in [0.25, 0.3) is 0 Å². The van der Waals surface area contributed by atoms with Gasteiger partial charge >= 0.3 is 5.97 Å². The number of rotatable bonds is 4. The molecule has 3 nitrogen and oxygen atoms in total. The molecule has 1 aliphatic carbocycles. The maximum absolute atomic E-state index is 10.9. The molecule has 1 fully saturated rings. The molecule has 13 heavy (non-hydrogen) atoms. The fourth-order valence-corrected chi connectivity index (χ4v) is 1.47. The summed E-state index contributed by atoms with van der Waals surface area (Å²) in [4.78, 5) is 10.9.